The van der Waals surface area contributed by atoms with E-state index in [1.807, 2.05) is 6.07 Å². The maximum absolute atomic E-state index is 9.21. The van der Waals surface area contributed by atoms with Crippen LogP contribution in [0.25, 0.3) is 10.9 Å². The first-order valence-corrected chi connectivity index (χ1v) is 6.93. The number of aromatic nitrogens is 1. The quantitative estimate of drug-likeness (QED) is 0.765. The number of aliphatic hydroxyl groups is 1. The van der Waals surface area contributed by atoms with Gasteiger partial charge in [0.05, 0.1) is 6.61 Å². The standard InChI is InChI=1S/C18H19NO/c1-13-4-3-5-14(2)17(13)11-19-9-8-16-10-15(12-20)6-7-18(16)19/h3-10,20H,11-12H2,1-2H3. The molecule has 1 heterocycles. The van der Waals surface area contributed by atoms with Crippen molar-refractivity contribution in [2.45, 2.75) is 27.0 Å². The normalized spacial score (nSPS) is 11.2. The number of nitrogens with zero attached hydrogens (tertiary/aromatic N) is 1. The second-order valence-corrected chi connectivity index (χ2v) is 5.37. The fraction of sp³-hybridized carbons (Fsp3) is 0.222. The second kappa shape index (κ2) is 5.14. The summed E-state index contributed by atoms with van der Waals surface area (Å²) in [5.41, 5.74) is 6.22. The first kappa shape index (κ1) is 12.9. The molecule has 2 aromatic carbocycles. The molecule has 2 heteroatoms. The van der Waals surface area contributed by atoms with Gasteiger partial charge in [-0.2, -0.15) is 0 Å². The van der Waals surface area contributed by atoms with E-state index < -0.39 is 0 Å². The zero-order chi connectivity index (χ0) is 14.1. The van der Waals surface area contributed by atoms with Crippen LogP contribution in [0, 0.1) is 13.8 Å². The molecule has 0 spiro atoms. The Balaban J connectivity index is 2.03. The summed E-state index contributed by atoms with van der Waals surface area (Å²) in [6, 6.07) is 14.7. The van der Waals surface area contributed by atoms with Crippen molar-refractivity contribution in [3.8, 4) is 0 Å². The van der Waals surface area contributed by atoms with E-state index >= 15 is 0 Å². The van der Waals surface area contributed by atoms with Crippen molar-refractivity contribution in [2.75, 3.05) is 0 Å². The van der Waals surface area contributed by atoms with Gasteiger partial charge in [-0.25, -0.2) is 0 Å². The molecule has 0 unspecified atom stereocenters. The predicted molar refractivity (Wildman–Crippen MR) is 82.9 cm³/mol. The molecule has 0 saturated heterocycles. The summed E-state index contributed by atoms with van der Waals surface area (Å²) in [6.45, 7) is 5.31. The summed E-state index contributed by atoms with van der Waals surface area (Å²) >= 11 is 0. The Labute approximate surface area is 119 Å². The molecule has 102 valence electrons. The lowest BCUT2D eigenvalue weighted by Gasteiger charge is -2.12. The number of aliphatic hydroxyl groups excluding tert-OH is 1. The molecular formula is C18H19NO. The van der Waals surface area contributed by atoms with E-state index in [2.05, 4.69) is 61.0 Å². The smallest absolute Gasteiger partial charge is 0.0682 e. The van der Waals surface area contributed by atoms with Gasteiger partial charge in [-0.05, 0) is 59.7 Å². The summed E-state index contributed by atoms with van der Waals surface area (Å²) in [4.78, 5) is 0. The van der Waals surface area contributed by atoms with Crippen LogP contribution in [0.2, 0.25) is 0 Å². The molecule has 0 radical (unpaired) electrons. The molecule has 0 bridgehead atoms. The molecule has 3 rings (SSSR count). The third kappa shape index (κ3) is 2.23. The molecule has 0 aliphatic rings. The molecule has 0 aliphatic heterocycles. The molecular weight excluding hydrogens is 246 g/mol. The van der Waals surface area contributed by atoms with Gasteiger partial charge in [0, 0.05) is 18.3 Å². The zero-order valence-corrected chi connectivity index (χ0v) is 11.9. The highest BCUT2D eigenvalue weighted by molar-refractivity contribution is 5.81. The average Bonchev–Trinajstić information content (AvgIpc) is 2.85. The minimum atomic E-state index is 0.0953. The Kier molecular flexibility index (Phi) is 3.33. The van der Waals surface area contributed by atoms with Crippen LogP contribution in [0.1, 0.15) is 22.3 Å². The van der Waals surface area contributed by atoms with E-state index in [9.17, 15) is 5.11 Å². The number of aryl methyl sites for hydroxylation is 2. The molecule has 2 nitrogen and oxygen atoms in total. The van der Waals surface area contributed by atoms with Gasteiger partial charge in [-0.3, -0.25) is 0 Å². The van der Waals surface area contributed by atoms with Crippen molar-refractivity contribution in [3.63, 3.8) is 0 Å². The average molecular weight is 265 g/mol. The largest absolute Gasteiger partial charge is 0.392 e. The summed E-state index contributed by atoms with van der Waals surface area (Å²) < 4.78 is 2.27. The van der Waals surface area contributed by atoms with Crippen LogP contribution in [0.5, 0.6) is 0 Å². The van der Waals surface area contributed by atoms with Crippen LogP contribution in [0.4, 0.5) is 0 Å². The number of rotatable bonds is 3. The summed E-state index contributed by atoms with van der Waals surface area (Å²) in [6.07, 6.45) is 2.12. The summed E-state index contributed by atoms with van der Waals surface area (Å²) in [7, 11) is 0. The molecule has 1 aromatic heterocycles. The van der Waals surface area contributed by atoms with Gasteiger partial charge in [-0.15, -0.1) is 0 Å². The SMILES string of the molecule is Cc1cccc(C)c1Cn1ccc2cc(CO)ccc21. The predicted octanol–water partition coefficient (Wildman–Crippen LogP) is 3.80. The molecule has 3 aromatic rings. The van der Waals surface area contributed by atoms with Gasteiger partial charge in [0.2, 0.25) is 0 Å². The Hall–Kier alpha value is -2.06. The monoisotopic (exact) mass is 265 g/mol. The summed E-state index contributed by atoms with van der Waals surface area (Å²) in [5.74, 6) is 0. The Morgan fingerprint density at radius 3 is 2.45 bits per heavy atom. The van der Waals surface area contributed by atoms with Crippen LogP contribution in [0.15, 0.2) is 48.7 Å². The zero-order valence-electron chi connectivity index (χ0n) is 11.9. The lowest BCUT2D eigenvalue weighted by atomic mass is 10.0. The van der Waals surface area contributed by atoms with Crippen molar-refractivity contribution in [1.82, 2.24) is 4.57 Å². The topological polar surface area (TPSA) is 25.2 Å². The van der Waals surface area contributed by atoms with Crippen LogP contribution in [-0.2, 0) is 13.2 Å². The van der Waals surface area contributed by atoms with Gasteiger partial charge in [0.25, 0.3) is 0 Å². The van der Waals surface area contributed by atoms with E-state index in [0.29, 0.717) is 0 Å². The molecule has 20 heavy (non-hydrogen) atoms. The molecule has 1 N–H and O–H groups in total. The van der Waals surface area contributed by atoms with E-state index in [1.165, 1.54) is 27.6 Å². The van der Waals surface area contributed by atoms with Gasteiger partial charge < -0.3 is 9.67 Å². The van der Waals surface area contributed by atoms with Crippen LogP contribution in [0.3, 0.4) is 0 Å². The van der Waals surface area contributed by atoms with Crippen molar-refractivity contribution < 1.29 is 5.11 Å². The van der Waals surface area contributed by atoms with E-state index in [0.717, 1.165) is 12.1 Å². The van der Waals surface area contributed by atoms with Crippen molar-refractivity contribution in [1.29, 1.82) is 0 Å². The van der Waals surface area contributed by atoms with E-state index in [4.69, 9.17) is 0 Å². The number of hydrogen-bond acceptors (Lipinski definition) is 1. The minimum absolute atomic E-state index is 0.0953. The van der Waals surface area contributed by atoms with Gasteiger partial charge >= 0.3 is 0 Å². The maximum atomic E-state index is 9.21. The van der Waals surface area contributed by atoms with Gasteiger partial charge in [-0.1, -0.05) is 24.3 Å². The lowest BCUT2D eigenvalue weighted by Crippen LogP contribution is -2.02. The highest BCUT2D eigenvalue weighted by Crippen LogP contribution is 2.21. The third-order valence-electron chi connectivity index (χ3n) is 3.99. The molecule has 0 fully saturated rings. The molecule has 0 aliphatic carbocycles. The second-order valence-electron chi connectivity index (χ2n) is 5.37. The number of fused-ring (bicyclic) bond motifs is 1. The first-order chi connectivity index (χ1) is 9.69. The van der Waals surface area contributed by atoms with Crippen LogP contribution in [-0.4, -0.2) is 9.67 Å². The fourth-order valence-electron chi connectivity index (χ4n) is 2.75. The maximum Gasteiger partial charge on any atom is 0.0682 e. The number of benzene rings is 2. The van der Waals surface area contributed by atoms with Gasteiger partial charge in [0.1, 0.15) is 0 Å². The minimum Gasteiger partial charge on any atom is -0.392 e. The Morgan fingerprint density at radius 1 is 1.00 bits per heavy atom. The molecule has 0 atom stereocenters. The van der Waals surface area contributed by atoms with E-state index in [-0.39, 0.29) is 6.61 Å². The molecule has 0 amide bonds. The fourth-order valence-corrected chi connectivity index (χ4v) is 2.75. The molecule has 0 saturated carbocycles. The summed E-state index contributed by atoms with van der Waals surface area (Å²) in [5, 5.41) is 10.4. The van der Waals surface area contributed by atoms with Crippen molar-refractivity contribution in [3.05, 3.63) is 70.9 Å². The Morgan fingerprint density at radius 2 is 1.75 bits per heavy atom. The van der Waals surface area contributed by atoms with Crippen LogP contribution < -0.4 is 0 Å². The van der Waals surface area contributed by atoms with Crippen LogP contribution >= 0.6 is 0 Å². The van der Waals surface area contributed by atoms with Gasteiger partial charge in [0.15, 0.2) is 0 Å². The van der Waals surface area contributed by atoms with Crippen molar-refractivity contribution >= 4 is 10.9 Å². The highest BCUT2D eigenvalue weighted by atomic mass is 16.3. The Bertz CT molecular complexity index is 735. The highest BCUT2D eigenvalue weighted by Gasteiger charge is 2.06. The number of hydrogen-bond donors (Lipinski definition) is 1. The first-order valence-electron chi connectivity index (χ1n) is 6.93. The van der Waals surface area contributed by atoms with E-state index in [1.54, 1.807) is 0 Å². The lowest BCUT2D eigenvalue weighted by molar-refractivity contribution is 0.282. The third-order valence-corrected chi connectivity index (χ3v) is 3.99. The van der Waals surface area contributed by atoms with Crippen molar-refractivity contribution in [2.24, 2.45) is 0 Å².